The first kappa shape index (κ1) is 14.4. The largest absolute Gasteiger partial charge is 0.397 e. The molecule has 5 nitrogen and oxygen atoms in total. The number of carbonyl (C=O) groups is 1. The van der Waals surface area contributed by atoms with E-state index in [1.807, 2.05) is 0 Å². The summed E-state index contributed by atoms with van der Waals surface area (Å²) >= 11 is 0. The molecule has 0 saturated carbocycles. The lowest BCUT2D eigenvalue weighted by Gasteiger charge is -2.07. The number of ether oxygens (including phenoxy) is 1. The minimum absolute atomic E-state index is 0.206. The van der Waals surface area contributed by atoms with E-state index in [1.165, 1.54) is 6.20 Å². The van der Waals surface area contributed by atoms with Gasteiger partial charge in [-0.1, -0.05) is 13.8 Å². The highest BCUT2D eigenvalue weighted by atomic mass is 16.5. The average molecular weight is 251 g/mol. The van der Waals surface area contributed by atoms with Crippen molar-refractivity contribution in [2.75, 3.05) is 25.5 Å². The van der Waals surface area contributed by atoms with Crippen molar-refractivity contribution in [3.8, 4) is 0 Å². The van der Waals surface area contributed by atoms with Crippen LogP contribution in [-0.4, -0.2) is 30.6 Å². The Hall–Kier alpha value is -1.62. The van der Waals surface area contributed by atoms with Gasteiger partial charge < -0.3 is 15.8 Å². The molecule has 1 amide bonds. The van der Waals surface area contributed by atoms with Gasteiger partial charge in [0, 0.05) is 13.2 Å². The van der Waals surface area contributed by atoms with Gasteiger partial charge in [-0.15, -0.1) is 0 Å². The van der Waals surface area contributed by atoms with Gasteiger partial charge in [-0.05, 0) is 24.5 Å². The Morgan fingerprint density at radius 1 is 1.44 bits per heavy atom. The number of hydrogen-bond acceptors (Lipinski definition) is 4. The number of nitrogens with two attached hydrogens (primary N) is 1. The predicted molar refractivity (Wildman–Crippen MR) is 71.3 cm³/mol. The normalized spacial score (nSPS) is 10.6. The molecular weight excluding hydrogens is 230 g/mol. The Kier molecular flexibility index (Phi) is 6.14. The molecule has 0 aliphatic rings. The number of carbonyl (C=O) groups excluding carboxylic acids is 1. The molecule has 0 bridgehead atoms. The lowest BCUT2D eigenvalue weighted by Crippen LogP contribution is -2.28. The number of anilines is 1. The summed E-state index contributed by atoms with van der Waals surface area (Å²) in [7, 11) is 0. The fraction of sp³-hybridized carbons (Fsp3) is 0.538. The molecule has 0 fully saturated rings. The van der Waals surface area contributed by atoms with Crippen molar-refractivity contribution in [1.29, 1.82) is 0 Å². The molecule has 0 aliphatic heterocycles. The predicted octanol–water partition coefficient (Wildman–Crippen LogP) is 1.46. The third-order valence-corrected chi connectivity index (χ3v) is 2.39. The summed E-state index contributed by atoms with van der Waals surface area (Å²) in [5, 5.41) is 2.74. The lowest BCUT2D eigenvalue weighted by atomic mass is 10.1. The number of rotatable bonds is 7. The highest BCUT2D eigenvalue weighted by Gasteiger charge is 2.05. The van der Waals surface area contributed by atoms with Crippen LogP contribution in [0.2, 0.25) is 0 Å². The zero-order valence-corrected chi connectivity index (χ0v) is 11.0. The second-order valence-electron chi connectivity index (χ2n) is 4.53. The van der Waals surface area contributed by atoms with Gasteiger partial charge in [-0.2, -0.15) is 0 Å². The third-order valence-electron chi connectivity index (χ3n) is 2.39. The van der Waals surface area contributed by atoms with Crippen LogP contribution >= 0.6 is 0 Å². The van der Waals surface area contributed by atoms with Crippen molar-refractivity contribution in [2.24, 2.45) is 5.92 Å². The molecule has 100 valence electrons. The molecule has 1 rings (SSSR count). The first-order valence-electron chi connectivity index (χ1n) is 6.17. The van der Waals surface area contributed by atoms with E-state index in [2.05, 4.69) is 24.1 Å². The quantitative estimate of drug-likeness (QED) is 0.719. The Balaban J connectivity index is 2.16. The number of aromatic nitrogens is 1. The SMILES string of the molecule is CC(C)CCOCCNC(=O)c1ccc(N)cn1. The molecule has 1 heterocycles. The molecule has 1 aromatic rings. The number of amides is 1. The second-order valence-corrected chi connectivity index (χ2v) is 4.53. The van der Waals surface area contributed by atoms with Gasteiger partial charge in [-0.3, -0.25) is 4.79 Å². The van der Waals surface area contributed by atoms with Crippen LogP contribution in [0.3, 0.4) is 0 Å². The first-order chi connectivity index (χ1) is 8.59. The van der Waals surface area contributed by atoms with E-state index in [4.69, 9.17) is 10.5 Å². The van der Waals surface area contributed by atoms with Crippen LogP contribution in [0.4, 0.5) is 5.69 Å². The molecule has 0 aliphatic carbocycles. The van der Waals surface area contributed by atoms with Crippen molar-refractivity contribution >= 4 is 11.6 Å². The van der Waals surface area contributed by atoms with Crippen LogP contribution in [0.15, 0.2) is 18.3 Å². The Bertz CT molecular complexity index is 363. The molecule has 0 spiro atoms. The van der Waals surface area contributed by atoms with Gasteiger partial charge in [0.1, 0.15) is 5.69 Å². The van der Waals surface area contributed by atoms with Crippen LogP contribution in [0, 0.1) is 5.92 Å². The zero-order valence-electron chi connectivity index (χ0n) is 11.0. The van der Waals surface area contributed by atoms with Gasteiger partial charge in [-0.25, -0.2) is 4.98 Å². The molecule has 5 heteroatoms. The molecule has 0 unspecified atom stereocenters. The summed E-state index contributed by atoms with van der Waals surface area (Å²) in [6.07, 6.45) is 2.50. The van der Waals surface area contributed by atoms with Gasteiger partial charge in [0.15, 0.2) is 0 Å². The maximum Gasteiger partial charge on any atom is 0.269 e. The van der Waals surface area contributed by atoms with E-state index in [-0.39, 0.29) is 5.91 Å². The maximum absolute atomic E-state index is 11.6. The summed E-state index contributed by atoms with van der Waals surface area (Å²) in [5.74, 6) is 0.432. The van der Waals surface area contributed by atoms with Crippen molar-refractivity contribution < 1.29 is 9.53 Å². The highest BCUT2D eigenvalue weighted by Crippen LogP contribution is 2.01. The minimum Gasteiger partial charge on any atom is -0.397 e. The third kappa shape index (κ3) is 5.63. The number of nitrogen functional groups attached to an aromatic ring is 1. The highest BCUT2D eigenvalue weighted by molar-refractivity contribution is 5.92. The van der Waals surface area contributed by atoms with Gasteiger partial charge in [0.2, 0.25) is 0 Å². The summed E-state index contributed by atoms with van der Waals surface area (Å²) in [4.78, 5) is 15.6. The van der Waals surface area contributed by atoms with E-state index in [9.17, 15) is 4.79 Å². The van der Waals surface area contributed by atoms with Crippen molar-refractivity contribution in [1.82, 2.24) is 10.3 Å². The molecular formula is C13H21N3O2. The smallest absolute Gasteiger partial charge is 0.269 e. The standard InChI is InChI=1S/C13H21N3O2/c1-10(2)5-7-18-8-6-15-13(17)12-4-3-11(14)9-16-12/h3-4,9-10H,5-8,14H2,1-2H3,(H,15,17). The second kappa shape index (κ2) is 7.66. The molecule has 0 aromatic carbocycles. The van der Waals surface area contributed by atoms with Crippen LogP contribution in [-0.2, 0) is 4.74 Å². The van der Waals surface area contributed by atoms with Crippen LogP contribution < -0.4 is 11.1 Å². The molecule has 0 atom stereocenters. The van der Waals surface area contributed by atoms with Crippen LogP contribution in [0.1, 0.15) is 30.8 Å². The van der Waals surface area contributed by atoms with E-state index >= 15 is 0 Å². The van der Waals surface area contributed by atoms with Gasteiger partial charge >= 0.3 is 0 Å². The lowest BCUT2D eigenvalue weighted by molar-refractivity contribution is 0.0901. The topological polar surface area (TPSA) is 77.2 Å². The fourth-order valence-corrected chi connectivity index (χ4v) is 1.29. The minimum atomic E-state index is -0.206. The molecule has 0 saturated heterocycles. The van der Waals surface area contributed by atoms with E-state index in [1.54, 1.807) is 12.1 Å². The maximum atomic E-state index is 11.6. The Labute approximate surface area is 108 Å². The fourth-order valence-electron chi connectivity index (χ4n) is 1.29. The summed E-state index contributed by atoms with van der Waals surface area (Å²) in [6.45, 7) is 6.04. The van der Waals surface area contributed by atoms with E-state index in [0.29, 0.717) is 30.5 Å². The van der Waals surface area contributed by atoms with Crippen LogP contribution in [0.25, 0.3) is 0 Å². The summed E-state index contributed by atoms with van der Waals surface area (Å²) in [6, 6.07) is 3.26. The van der Waals surface area contributed by atoms with Crippen molar-refractivity contribution in [2.45, 2.75) is 20.3 Å². The first-order valence-corrected chi connectivity index (χ1v) is 6.17. The number of nitrogens with zero attached hydrogens (tertiary/aromatic N) is 1. The molecule has 3 N–H and O–H groups in total. The monoisotopic (exact) mass is 251 g/mol. The summed E-state index contributed by atoms with van der Waals surface area (Å²) < 4.78 is 5.39. The van der Waals surface area contributed by atoms with E-state index in [0.717, 1.165) is 13.0 Å². The average Bonchev–Trinajstić information content (AvgIpc) is 2.34. The molecule has 18 heavy (non-hydrogen) atoms. The van der Waals surface area contributed by atoms with Crippen molar-refractivity contribution in [3.05, 3.63) is 24.0 Å². The molecule has 0 radical (unpaired) electrons. The van der Waals surface area contributed by atoms with Crippen LogP contribution in [0.5, 0.6) is 0 Å². The Morgan fingerprint density at radius 2 is 2.22 bits per heavy atom. The Morgan fingerprint density at radius 3 is 2.83 bits per heavy atom. The van der Waals surface area contributed by atoms with Gasteiger partial charge in [0.25, 0.3) is 5.91 Å². The van der Waals surface area contributed by atoms with Crippen molar-refractivity contribution in [3.63, 3.8) is 0 Å². The zero-order chi connectivity index (χ0) is 13.4. The number of pyridine rings is 1. The number of nitrogens with one attached hydrogen (secondary N) is 1. The van der Waals surface area contributed by atoms with Gasteiger partial charge in [0.05, 0.1) is 18.5 Å². The van der Waals surface area contributed by atoms with E-state index < -0.39 is 0 Å². The molecule has 1 aromatic heterocycles. The number of hydrogen-bond donors (Lipinski definition) is 2. The summed E-state index contributed by atoms with van der Waals surface area (Å²) in [5.41, 5.74) is 6.40.